The first kappa shape index (κ1) is 14.9. The number of carbonyl (C=O) groups excluding carboxylic acids is 1. The molecular formula is C18H11FN2OS. The van der Waals surface area contributed by atoms with Crippen LogP contribution in [-0.4, -0.2) is 5.91 Å². The molecule has 0 atom stereocenters. The second kappa shape index (κ2) is 6.42. The van der Waals surface area contributed by atoms with Crippen molar-refractivity contribution in [2.75, 3.05) is 5.32 Å². The summed E-state index contributed by atoms with van der Waals surface area (Å²) in [6, 6.07) is 16.6. The van der Waals surface area contributed by atoms with Crippen LogP contribution in [0.2, 0.25) is 0 Å². The molecule has 0 spiro atoms. The van der Waals surface area contributed by atoms with E-state index in [0.29, 0.717) is 16.1 Å². The van der Waals surface area contributed by atoms with Crippen molar-refractivity contribution in [2.24, 2.45) is 0 Å². The number of amides is 1. The van der Waals surface area contributed by atoms with Gasteiger partial charge >= 0.3 is 0 Å². The number of nitrogens with zero attached hydrogens (tertiary/aromatic N) is 1. The van der Waals surface area contributed by atoms with Gasteiger partial charge in [0.25, 0.3) is 5.91 Å². The number of nitrogens with one attached hydrogen (secondary N) is 1. The monoisotopic (exact) mass is 322 g/mol. The zero-order valence-electron chi connectivity index (χ0n) is 11.9. The Bertz CT molecular complexity index is 877. The molecule has 1 aromatic heterocycles. The summed E-state index contributed by atoms with van der Waals surface area (Å²) in [4.78, 5) is 13.0. The molecule has 1 N–H and O–H groups in total. The standard InChI is InChI=1S/C18H11FN2OS/c19-14-5-3-13(4-6-14)16-9-10-23-17(16)18(22)21-15-7-1-12(11-20)2-8-15/h1-10H,(H,21,22). The minimum absolute atomic E-state index is 0.232. The van der Waals surface area contributed by atoms with Crippen molar-refractivity contribution in [3.63, 3.8) is 0 Å². The van der Waals surface area contributed by atoms with E-state index in [-0.39, 0.29) is 11.7 Å². The highest BCUT2D eigenvalue weighted by molar-refractivity contribution is 7.12. The van der Waals surface area contributed by atoms with Gasteiger partial charge in [-0.1, -0.05) is 12.1 Å². The first-order valence-electron chi connectivity index (χ1n) is 6.82. The Kier molecular flexibility index (Phi) is 4.18. The number of rotatable bonds is 3. The van der Waals surface area contributed by atoms with Crippen LogP contribution in [0.15, 0.2) is 60.0 Å². The maximum absolute atomic E-state index is 13.0. The predicted molar refractivity (Wildman–Crippen MR) is 88.8 cm³/mol. The summed E-state index contributed by atoms with van der Waals surface area (Å²) < 4.78 is 13.0. The number of hydrogen-bond donors (Lipinski definition) is 1. The van der Waals surface area contributed by atoms with E-state index in [2.05, 4.69) is 5.32 Å². The van der Waals surface area contributed by atoms with Crippen LogP contribution < -0.4 is 5.32 Å². The van der Waals surface area contributed by atoms with Crippen molar-refractivity contribution in [1.29, 1.82) is 5.26 Å². The van der Waals surface area contributed by atoms with Gasteiger partial charge in [-0.05, 0) is 53.4 Å². The van der Waals surface area contributed by atoms with Crippen LogP contribution in [0.5, 0.6) is 0 Å². The Morgan fingerprint density at radius 3 is 2.39 bits per heavy atom. The summed E-state index contributed by atoms with van der Waals surface area (Å²) in [6.45, 7) is 0. The molecule has 23 heavy (non-hydrogen) atoms. The molecule has 2 aromatic carbocycles. The third-order valence-corrected chi connectivity index (χ3v) is 4.21. The molecule has 112 valence electrons. The summed E-state index contributed by atoms with van der Waals surface area (Å²) in [5.41, 5.74) is 2.71. The van der Waals surface area contributed by atoms with Crippen LogP contribution in [0.25, 0.3) is 11.1 Å². The van der Waals surface area contributed by atoms with E-state index in [1.54, 1.807) is 36.4 Å². The highest BCUT2D eigenvalue weighted by atomic mass is 32.1. The molecule has 0 aliphatic carbocycles. The van der Waals surface area contributed by atoms with Gasteiger partial charge in [0.2, 0.25) is 0 Å². The second-order valence-corrected chi connectivity index (χ2v) is 5.73. The largest absolute Gasteiger partial charge is 0.321 e. The Balaban J connectivity index is 1.84. The fraction of sp³-hybridized carbons (Fsp3) is 0. The number of thiophene rings is 1. The van der Waals surface area contributed by atoms with E-state index >= 15 is 0 Å². The van der Waals surface area contributed by atoms with Crippen LogP contribution >= 0.6 is 11.3 Å². The molecule has 1 heterocycles. The number of carbonyl (C=O) groups is 1. The van der Waals surface area contributed by atoms with Crippen LogP contribution in [-0.2, 0) is 0 Å². The Morgan fingerprint density at radius 1 is 1.04 bits per heavy atom. The lowest BCUT2D eigenvalue weighted by Gasteiger charge is -2.06. The van der Waals surface area contributed by atoms with Gasteiger partial charge in [-0.15, -0.1) is 11.3 Å². The first-order chi connectivity index (χ1) is 11.2. The smallest absolute Gasteiger partial charge is 0.266 e. The van der Waals surface area contributed by atoms with E-state index in [1.165, 1.54) is 23.5 Å². The second-order valence-electron chi connectivity index (χ2n) is 4.81. The summed E-state index contributed by atoms with van der Waals surface area (Å²) in [7, 11) is 0. The number of nitriles is 1. The highest BCUT2D eigenvalue weighted by Gasteiger charge is 2.15. The molecule has 0 saturated carbocycles. The summed E-state index contributed by atoms with van der Waals surface area (Å²) in [6.07, 6.45) is 0. The van der Waals surface area contributed by atoms with E-state index in [4.69, 9.17) is 5.26 Å². The SMILES string of the molecule is N#Cc1ccc(NC(=O)c2sccc2-c2ccc(F)cc2)cc1. The van der Waals surface area contributed by atoms with Gasteiger partial charge in [0.05, 0.1) is 16.5 Å². The maximum Gasteiger partial charge on any atom is 0.266 e. The maximum atomic E-state index is 13.0. The topological polar surface area (TPSA) is 52.9 Å². The van der Waals surface area contributed by atoms with Crippen molar-refractivity contribution in [1.82, 2.24) is 0 Å². The predicted octanol–water partition coefficient (Wildman–Crippen LogP) is 4.68. The van der Waals surface area contributed by atoms with Crippen molar-refractivity contribution in [3.05, 3.63) is 76.2 Å². The molecule has 0 saturated heterocycles. The molecule has 3 rings (SSSR count). The summed E-state index contributed by atoms with van der Waals surface area (Å²) in [5, 5.41) is 13.4. The Morgan fingerprint density at radius 2 is 1.74 bits per heavy atom. The van der Waals surface area contributed by atoms with E-state index in [1.807, 2.05) is 17.5 Å². The molecule has 3 nitrogen and oxygen atoms in total. The van der Waals surface area contributed by atoms with Gasteiger partial charge in [-0.3, -0.25) is 4.79 Å². The van der Waals surface area contributed by atoms with Crippen LogP contribution in [0, 0.1) is 17.1 Å². The Labute approximate surface area is 136 Å². The van der Waals surface area contributed by atoms with Crippen LogP contribution in [0.4, 0.5) is 10.1 Å². The summed E-state index contributed by atoms with van der Waals surface area (Å²) >= 11 is 1.33. The average Bonchev–Trinajstić information content (AvgIpc) is 3.06. The summed E-state index contributed by atoms with van der Waals surface area (Å²) in [5.74, 6) is -0.545. The minimum atomic E-state index is -0.312. The molecule has 5 heteroatoms. The molecule has 1 amide bonds. The molecule has 3 aromatic rings. The lowest BCUT2D eigenvalue weighted by Crippen LogP contribution is -2.11. The average molecular weight is 322 g/mol. The van der Waals surface area contributed by atoms with E-state index < -0.39 is 0 Å². The number of benzene rings is 2. The Hall–Kier alpha value is -2.97. The third kappa shape index (κ3) is 3.28. The number of hydrogen-bond acceptors (Lipinski definition) is 3. The minimum Gasteiger partial charge on any atom is -0.321 e. The number of anilines is 1. The van der Waals surface area contributed by atoms with Crippen molar-refractivity contribution < 1.29 is 9.18 Å². The van der Waals surface area contributed by atoms with E-state index in [9.17, 15) is 9.18 Å². The molecule has 0 radical (unpaired) electrons. The molecule has 0 aliphatic rings. The lowest BCUT2D eigenvalue weighted by molar-refractivity contribution is 0.103. The fourth-order valence-corrected chi connectivity index (χ4v) is 2.97. The highest BCUT2D eigenvalue weighted by Crippen LogP contribution is 2.29. The molecular weight excluding hydrogens is 311 g/mol. The molecule has 0 fully saturated rings. The van der Waals surface area contributed by atoms with Crippen molar-refractivity contribution in [2.45, 2.75) is 0 Å². The van der Waals surface area contributed by atoms with Crippen LogP contribution in [0.1, 0.15) is 15.2 Å². The zero-order chi connectivity index (χ0) is 16.2. The van der Waals surface area contributed by atoms with Gasteiger partial charge in [0, 0.05) is 11.3 Å². The van der Waals surface area contributed by atoms with Gasteiger partial charge < -0.3 is 5.32 Å². The quantitative estimate of drug-likeness (QED) is 0.761. The lowest BCUT2D eigenvalue weighted by atomic mass is 10.1. The first-order valence-corrected chi connectivity index (χ1v) is 7.70. The van der Waals surface area contributed by atoms with Gasteiger partial charge in [0.1, 0.15) is 5.82 Å². The zero-order valence-corrected chi connectivity index (χ0v) is 12.7. The molecule has 0 bridgehead atoms. The third-order valence-electron chi connectivity index (χ3n) is 3.30. The van der Waals surface area contributed by atoms with Crippen molar-refractivity contribution >= 4 is 22.9 Å². The van der Waals surface area contributed by atoms with Gasteiger partial charge in [-0.2, -0.15) is 5.26 Å². The van der Waals surface area contributed by atoms with Crippen LogP contribution in [0.3, 0.4) is 0 Å². The molecule has 0 unspecified atom stereocenters. The normalized spacial score (nSPS) is 10.1. The molecule has 0 aliphatic heterocycles. The van der Waals surface area contributed by atoms with Gasteiger partial charge in [-0.25, -0.2) is 4.39 Å². The fourth-order valence-electron chi connectivity index (χ4n) is 2.16. The van der Waals surface area contributed by atoms with E-state index in [0.717, 1.165) is 11.1 Å². The van der Waals surface area contributed by atoms with Gasteiger partial charge in [0.15, 0.2) is 0 Å². The van der Waals surface area contributed by atoms with Crippen molar-refractivity contribution in [3.8, 4) is 17.2 Å². The number of halogens is 1.